The van der Waals surface area contributed by atoms with E-state index < -0.39 is 0 Å². The fourth-order valence-corrected chi connectivity index (χ4v) is 3.19. The topological polar surface area (TPSA) is 41.6 Å². The average Bonchev–Trinajstić information content (AvgIpc) is 2.63. The van der Waals surface area contributed by atoms with Gasteiger partial charge >= 0.3 is 0 Å². The number of hydrogen-bond acceptors (Lipinski definition) is 3. The molecule has 28 heavy (non-hydrogen) atoms. The van der Waals surface area contributed by atoms with Gasteiger partial charge in [0.15, 0.2) is 0 Å². The zero-order valence-corrected chi connectivity index (χ0v) is 19.1. The van der Waals surface area contributed by atoms with Crippen LogP contribution in [-0.4, -0.2) is 29.1 Å². The minimum atomic E-state index is -0.169. The van der Waals surface area contributed by atoms with Gasteiger partial charge in [-0.2, -0.15) is 0 Å². The molecule has 2 rings (SSSR count). The van der Waals surface area contributed by atoms with Crippen LogP contribution in [-0.2, 0) is 0 Å². The van der Waals surface area contributed by atoms with Gasteiger partial charge in [0.1, 0.15) is 5.75 Å². The predicted molar refractivity (Wildman–Crippen MR) is 123 cm³/mol. The van der Waals surface area contributed by atoms with Crippen LogP contribution in [0.4, 0.5) is 5.69 Å². The molecule has 0 unspecified atom stereocenters. The van der Waals surface area contributed by atoms with Crippen LogP contribution >= 0.6 is 28.1 Å². The van der Waals surface area contributed by atoms with Crippen LogP contribution in [0.15, 0.2) is 53.0 Å². The number of carbonyl (C=O) groups is 1. The standard InChI is InChI=1S/C22H27BrN2O2S/c1-15(2)13-25(14-16(3)4)22(28)27-20-11-5-17(6-12-20)21(26)24-19-9-7-18(23)8-10-19/h5-12,15-16H,13-14H2,1-4H3,(H,24,26). The molecule has 0 aliphatic heterocycles. The van der Waals surface area contributed by atoms with Crippen molar-refractivity contribution in [3.8, 4) is 5.75 Å². The molecule has 0 heterocycles. The lowest BCUT2D eigenvalue weighted by molar-refractivity contribution is 0.102. The molecule has 2 aromatic carbocycles. The number of thiocarbonyl (C=S) groups is 1. The van der Waals surface area contributed by atoms with E-state index in [1.807, 2.05) is 24.3 Å². The van der Waals surface area contributed by atoms with Gasteiger partial charge in [0, 0.05) is 28.8 Å². The number of rotatable bonds is 7. The molecule has 0 aliphatic rings. The van der Waals surface area contributed by atoms with Crippen molar-refractivity contribution in [1.82, 2.24) is 4.90 Å². The van der Waals surface area contributed by atoms with Crippen LogP contribution in [0.1, 0.15) is 38.1 Å². The van der Waals surface area contributed by atoms with Crippen molar-refractivity contribution in [1.29, 1.82) is 0 Å². The Kier molecular flexibility index (Phi) is 8.45. The lowest BCUT2D eigenvalue weighted by Gasteiger charge is -2.28. The molecule has 2 aromatic rings. The molecule has 0 fully saturated rings. The molecule has 0 aromatic heterocycles. The average molecular weight is 463 g/mol. The van der Waals surface area contributed by atoms with Crippen molar-refractivity contribution in [3.05, 3.63) is 58.6 Å². The zero-order chi connectivity index (χ0) is 20.7. The van der Waals surface area contributed by atoms with Crippen molar-refractivity contribution in [3.63, 3.8) is 0 Å². The zero-order valence-electron chi connectivity index (χ0n) is 16.7. The number of amides is 1. The quantitative estimate of drug-likeness (QED) is 0.513. The molecule has 4 nitrogen and oxygen atoms in total. The summed E-state index contributed by atoms with van der Waals surface area (Å²) in [5, 5.41) is 3.34. The molecule has 150 valence electrons. The fourth-order valence-electron chi connectivity index (χ4n) is 2.68. The van der Waals surface area contributed by atoms with E-state index in [0.717, 1.165) is 23.2 Å². The van der Waals surface area contributed by atoms with Gasteiger partial charge in [0.05, 0.1) is 0 Å². The van der Waals surface area contributed by atoms with Crippen LogP contribution in [0.5, 0.6) is 5.75 Å². The summed E-state index contributed by atoms with van der Waals surface area (Å²) in [7, 11) is 0. The van der Waals surface area contributed by atoms with Crippen LogP contribution < -0.4 is 10.1 Å². The fraction of sp³-hybridized carbons (Fsp3) is 0.364. The Morgan fingerprint density at radius 3 is 2.04 bits per heavy atom. The number of carbonyl (C=O) groups excluding carboxylic acids is 1. The van der Waals surface area contributed by atoms with Crippen molar-refractivity contribution < 1.29 is 9.53 Å². The summed E-state index contributed by atoms with van der Waals surface area (Å²) in [4.78, 5) is 14.5. The summed E-state index contributed by atoms with van der Waals surface area (Å²) in [5.41, 5.74) is 1.30. The Labute approximate surface area is 181 Å². The Hall–Kier alpha value is -1.92. The molecule has 1 N–H and O–H groups in total. The molecule has 0 aliphatic carbocycles. The second kappa shape index (κ2) is 10.6. The molecular formula is C22H27BrN2O2S. The van der Waals surface area contributed by atoms with E-state index in [0.29, 0.717) is 28.3 Å². The maximum absolute atomic E-state index is 12.4. The smallest absolute Gasteiger partial charge is 0.264 e. The van der Waals surface area contributed by atoms with Gasteiger partial charge in [-0.15, -0.1) is 0 Å². The Balaban J connectivity index is 1.99. The lowest BCUT2D eigenvalue weighted by Crippen LogP contribution is -2.38. The number of benzene rings is 2. The minimum Gasteiger partial charge on any atom is -0.432 e. The second-order valence-corrected chi connectivity index (χ2v) is 8.81. The molecule has 0 spiro atoms. The Bertz CT molecular complexity index is 779. The van der Waals surface area contributed by atoms with Gasteiger partial charge in [0.25, 0.3) is 11.1 Å². The highest BCUT2D eigenvalue weighted by atomic mass is 79.9. The van der Waals surface area contributed by atoms with Crippen molar-refractivity contribution in [2.45, 2.75) is 27.7 Å². The monoisotopic (exact) mass is 462 g/mol. The summed E-state index contributed by atoms with van der Waals surface area (Å²) in [6, 6.07) is 14.5. The van der Waals surface area contributed by atoms with Crippen LogP contribution in [0.3, 0.4) is 0 Å². The number of nitrogens with zero attached hydrogens (tertiary/aromatic N) is 1. The second-order valence-electron chi connectivity index (χ2n) is 7.55. The van der Waals surface area contributed by atoms with Gasteiger partial charge in [-0.1, -0.05) is 43.6 Å². The molecule has 1 amide bonds. The molecule has 0 radical (unpaired) electrons. The summed E-state index contributed by atoms with van der Waals surface area (Å²) in [6.45, 7) is 10.3. The highest BCUT2D eigenvalue weighted by Gasteiger charge is 2.15. The molecule has 0 saturated heterocycles. The van der Waals surface area contributed by atoms with E-state index in [2.05, 4.69) is 53.8 Å². The van der Waals surface area contributed by atoms with Crippen LogP contribution in [0, 0.1) is 11.8 Å². The minimum absolute atomic E-state index is 0.169. The first-order valence-electron chi connectivity index (χ1n) is 9.38. The maximum Gasteiger partial charge on any atom is 0.264 e. The first-order chi connectivity index (χ1) is 13.2. The third-order valence-corrected chi connectivity index (χ3v) is 4.72. The number of anilines is 1. The Morgan fingerprint density at radius 2 is 1.54 bits per heavy atom. The number of halogens is 1. The van der Waals surface area contributed by atoms with Crippen molar-refractivity contribution >= 4 is 44.9 Å². The molecule has 6 heteroatoms. The molecular weight excluding hydrogens is 436 g/mol. The molecule has 0 bridgehead atoms. The first kappa shape index (κ1) is 22.4. The normalized spacial score (nSPS) is 10.8. The Morgan fingerprint density at radius 1 is 1.00 bits per heavy atom. The van der Waals surface area contributed by atoms with E-state index in [1.165, 1.54) is 0 Å². The van der Waals surface area contributed by atoms with Crippen LogP contribution in [0.2, 0.25) is 0 Å². The van der Waals surface area contributed by atoms with Gasteiger partial charge in [-0.05, 0) is 72.6 Å². The summed E-state index contributed by atoms with van der Waals surface area (Å²) >= 11 is 8.88. The predicted octanol–water partition coefficient (Wildman–Crippen LogP) is 5.98. The summed E-state index contributed by atoms with van der Waals surface area (Å²) < 4.78 is 6.83. The maximum atomic E-state index is 12.4. The van der Waals surface area contributed by atoms with E-state index in [9.17, 15) is 4.79 Å². The van der Waals surface area contributed by atoms with E-state index in [1.54, 1.807) is 24.3 Å². The van der Waals surface area contributed by atoms with Crippen molar-refractivity contribution in [2.24, 2.45) is 11.8 Å². The van der Waals surface area contributed by atoms with E-state index in [4.69, 9.17) is 17.0 Å². The van der Waals surface area contributed by atoms with E-state index in [-0.39, 0.29) is 5.91 Å². The molecule has 0 atom stereocenters. The number of ether oxygens (including phenoxy) is 1. The first-order valence-corrected chi connectivity index (χ1v) is 10.6. The third kappa shape index (κ3) is 7.24. The van der Waals surface area contributed by atoms with Crippen LogP contribution in [0.25, 0.3) is 0 Å². The highest BCUT2D eigenvalue weighted by molar-refractivity contribution is 9.10. The number of hydrogen-bond donors (Lipinski definition) is 1. The summed E-state index contributed by atoms with van der Waals surface area (Å²) in [5.74, 6) is 1.44. The summed E-state index contributed by atoms with van der Waals surface area (Å²) in [6.07, 6.45) is 0. The van der Waals surface area contributed by atoms with Gasteiger partial charge in [0.2, 0.25) is 0 Å². The lowest BCUT2D eigenvalue weighted by atomic mass is 10.1. The van der Waals surface area contributed by atoms with E-state index >= 15 is 0 Å². The highest BCUT2D eigenvalue weighted by Crippen LogP contribution is 2.18. The third-order valence-electron chi connectivity index (χ3n) is 3.85. The SMILES string of the molecule is CC(C)CN(CC(C)C)C(=S)Oc1ccc(C(=O)Nc2ccc(Br)cc2)cc1. The molecule has 0 saturated carbocycles. The number of nitrogens with one attached hydrogen (secondary N) is 1. The van der Waals surface area contributed by atoms with Crippen molar-refractivity contribution in [2.75, 3.05) is 18.4 Å². The largest absolute Gasteiger partial charge is 0.432 e. The van der Waals surface area contributed by atoms with Gasteiger partial charge in [-0.3, -0.25) is 4.79 Å². The van der Waals surface area contributed by atoms with Gasteiger partial charge in [-0.25, -0.2) is 0 Å². The van der Waals surface area contributed by atoms with Gasteiger partial charge < -0.3 is 15.0 Å².